The monoisotopic (exact) mass is 294 g/mol. The molecular weight excluding hydrogens is 276 g/mol. The molecule has 1 aliphatic rings. The number of aromatic amines is 1. The third-order valence-electron chi connectivity index (χ3n) is 3.42. The highest BCUT2D eigenvalue weighted by Gasteiger charge is 2.37. The number of nitrogens with one attached hydrogen (secondary N) is 1. The molecule has 1 atom stereocenters. The molecule has 8 heteroatoms. The molecule has 2 heterocycles. The number of H-pyrrole nitrogens is 1. The van der Waals surface area contributed by atoms with Crippen LogP contribution in [0.15, 0.2) is 19.0 Å². The first-order valence-electron chi connectivity index (χ1n) is 6.59. The van der Waals surface area contributed by atoms with E-state index in [1.54, 1.807) is 0 Å². The molecule has 0 bridgehead atoms. The summed E-state index contributed by atoms with van der Waals surface area (Å²) in [4.78, 5) is 33.6. The molecule has 114 valence electrons. The van der Waals surface area contributed by atoms with Crippen molar-refractivity contribution in [2.75, 3.05) is 19.7 Å². The third-order valence-corrected chi connectivity index (χ3v) is 3.42. The summed E-state index contributed by atoms with van der Waals surface area (Å²) in [5.74, 6) is -1.07. The molecule has 0 aliphatic carbocycles. The lowest BCUT2D eigenvalue weighted by Crippen LogP contribution is -2.54. The number of hydrogen-bond donors (Lipinski definition) is 3. The summed E-state index contributed by atoms with van der Waals surface area (Å²) < 4.78 is 0. The van der Waals surface area contributed by atoms with Gasteiger partial charge in [-0.05, 0) is 0 Å². The van der Waals surface area contributed by atoms with Crippen LogP contribution in [0.4, 0.5) is 4.79 Å². The Morgan fingerprint density at radius 3 is 3.00 bits per heavy atom. The molecule has 0 saturated heterocycles. The average Bonchev–Trinajstić information content (AvgIpc) is 2.92. The number of amides is 2. The van der Waals surface area contributed by atoms with E-state index in [1.807, 2.05) is 0 Å². The number of hydrogen-bond acceptors (Lipinski definition) is 4. The van der Waals surface area contributed by atoms with Crippen molar-refractivity contribution in [2.24, 2.45) is 0 Å². The van der Waals surface area contributed by atoms with E-state index in [4.69, 9.17) is 5.11 Å². The molecule has 0 spiro atoms. The maximum atomic E-state index is 12.5. The molecule has 0 radical (unpaired) electrons. The fourth-order valence-electron chi connectivity index (χ4n) is 2.38. The second-order valence-corrected chi connectivity index (χ2v) is 4.75. The standard InChI is InChI=1S/C13H18N4O4/c1-2-3-16(4-5-18)13(21)17-7-10-9(14-8-15-10)6-11(17)12(19)20/h2,8,11,18H,1,3-7H2,(H,14,15)(H,19,20). The van der Waals surface area contributed by atoms with E-state index >= 15 is 0 Å². The molecule has 0 fully saturated rings. The topological polar surface area (TPSA) is 110 Å². The maximum Gasteiger partial charge on any atom is 0.326 e. The van der Waals surface area contributed by atoms with Gasteiger partial charge in [0, 0.05) is 19.5 Å². The van der Waals surface area contributed by atoms with Gasteiger partial charge in [-0.15, -0.1) is 6.58 Å². The van der Waals surface area contributed by atoms with E-state index in [0.717, 1.165) is 5.69 Å². The van der Waals surface area contributed by atoms with Gasteiger partial charge in [0.15, 0.2) is 0 Å². The number of rotatable bonds is 5. The van der Waals surface area contributed by atoms with Crippen molar-refractivity contribution in [3.05, 3.63) is 30.4 Å². The van der Waals surface area contributed by atoms with Crippen LogP contribution in [-0.2, 0) is 17.8 Å². The van der Waals surface area contributed by atoms with E-state index in [2.05, 4.69) is 16.5 Å². The van der Waals surface area contributed by atoms with Crippen molar-refractivity contribution < 1.29 is 19.8 Å². The number of urea groups is 1. The van der Waals surface area contributed by atoms with Gasteiger partial charge in [0.1, 0.15) is 6.04 Å². The number of fused-ring (bicyclic) bond motifs is 1. The Hall–Kier alpha value is -2.35. The highest BCUT2D eigenvalue weighted by Crippen LogP contribution is 2.22. The molecule has 1 aliphatic heterocycles. The van der Waals surface area contributed by atoms with E-state index in [9.17, 15) is 14.7 Å². The molecule has 2 rings (SSSR count). The number of carboxylic acids is 1. The zero-order valence-electron chi connectivity index (χ0n) is 11.5. The summed E-state index contributed by atoms with van der Waals surface area (Å²) in [5, 5.41) is 18.4. The zero-order valence-corrected chi connectivity index (χ0v) is 11.5. The molecular formula is C13H18N4O4. The van der Waals surface area contributed by atoms with E-state index in [0.29, 0.717) is 5.69 Å². The first kappa shape index (κ1) is 15.0. The lowest BCUT2D eigenvalue weighted by molar-refractivity contribution is -0.142. The van der Waals surface area contributed by atoms with Gasteiger partial charge in [0.2, 0.25) is 0 Å². The van der Waals surface area contributed by atoms with Gasteiger partial charge in [0.05, 0.1) is 30.9 Å². The fraction of sp³-hybridized carbons (Fsp3) is 0.462. The van der Waals surface area contributed by atoms with Crippen LogP contribution in [0.1, 0.15) is 11.4 Å². The number of imidazole rings is 1. The number of carbonyl (C=O) groups is 2. The fourth-order valence-corrected chi connectivity index (χ4v) is 2.38. The van der Waals surface area contributed by atoms with Gasteiger partial charge < -0.3 is 25.0 Å². The van der Waals surface area contributed by atoms with Crippen LogP contribution in [0.25, 0.3) is 0 Å². The number of aliphatic carboxylic acids is 1. The Balaban J connectivity index is 2.24. The maximum absolute atomic E-state index is 12.5. The predicted molar refractivity (Wildman–Crippen MR) is 73.5 cm³/mol. The summed E-state index contributed by atoms with van der Waals surface area (Å²) >= 11 is 0. The summed E-state index contributed by atoms with van der Waals surface area (Å²) in [6.07, 6.45) is 3.20. The number of aliphatic hydroxyl groups is 1. The predicted octanol–water partition coefficient (Wildman–Crippen LogP) is -0.179. The van der Waals surface area contributed by atoms with Crippen molar-refractivity contribution in [3.8, 4) is 0 Å². The van der Waals surface area contributed by atoms with Crippen LogP contribution >= 0.6 is 0 Å². The minimum atomic E-state index is -1.07. The molecule has 2 amide bonds. The molecule has 21 heavy (non-hydrogen) atoms. The van der Waals surface area contributed by atoms with Gasteiger partial charge >= 0.3 is 12.0 Å². The molecule has 8 nitrogen and oxygen atoms in total. The quantitative estimate of drug-likeness (QED) is 0.653. The second kappa shape index (κ2) is 6.40. The second-order valence-electron chi connectivity index (χ2n) is 4.75. The number of carboxylic acid groups (broad SMARTS) is 1. The van der Waals surface area contributed by atoms with Crippen LogP contribution < -0.4 is 0 Å². The minimum Gasteiger partial charge on any atom is -0.480 e. The summed E-state index contributed by atoms with van der Waals surface area (Å²) in [5.41, 5.74) is 1.41. The normalized spacial score (nSPS) is 17.2. The minimum absolute atomic E-state index is 0.128. The van der Waals surface area contributed by atoms with Gasteiger partial charge in [-0.3, -0.25) is 0 Å². The highest BCUT2D eigenvalue weighted by atomic mass is 16.4. The van der Waals surface area contributed by atoms with Crippen molar-refractivity contribution in [1.82, 2.24) is 19.8 Å². The Bertz CT molecular complexity index is 542. The molecule has 1 unspecified atom stereocenters. The SMILES string of the molecule is C=CCN(CCO)C(=O)N1Cc2[nH]cnc2CC1C(=O)O. The first-order chi connectivity index (χ1) is 10.1. The third kappa shape index (κ3) is 3.05. The smallest absolute Gasteiger partial charge is 0.326 e. The van der Waals surface area contributed by atoms with Gasteiger partial charge in [0.25, 0.3) is 0 Å². The van der Waals surface area contributed by atoms with Gasteiger partial charge in [-0.25, -0.2) is 14.6 Å². The molecule has 3 N–H and O–H groups in total. The highest BCUT2D eigenvalue weighted by molar-refractivity contribution is 5.83. The van der Waals surface area contributed by atoms with Crippen LogP contribution in [0.5, 0.6) is 0 Å². The van der Waals surface area contributed by atoms with Crippen LogP contribution in [0, 0.1) is 0 Å². The number of aliphatic hydroxyl groups excluding tert-OH is 1. The van der Waals surface area contributed by atoms with E-state index in [-0.39, 0.29) is 32.7 Å². The van der Waals surface area contributed by atoms with Crippen LogP contribution in [0.3, 0.4) is 0 Å². The molecule has 1 aromatic heterocycles. The van der Waals surface area contributed by atoms with Crippen molar-refractivity contribution in [1.29, 1.82) is 0 Å². The van der Waals surface area contributed by atoms with Crippen LogP contribution in [0.2, 0.25) is 0 Å². The average molecular weight is 294 g/mol. The van der Waals surface area contributed by atoms with Crippen molar-refractivity contribution in [2.45, 2.75) is 19.0 Å². The Labute approximate surface area is 121 Å². The van der Waals surface area contributed by atoms with Gasteiger partial charge in [-0.1, -0.05) is 6.08 Å². The number of nitrogens with zero attached hydrogens (tertiary/aromatic N) is 3. The largest absolute Gasteiger partial charge is 0.480 e. The van der Waals surface area contributed by atoms with Crippen LogP contribution in [-0.4, -0.2) is 67.7 Å². The Morgan fingerprint density at radius 1 is 1.62 bits per heavy atom. The van der Waals surface area contributed by atoms with E-state index in [1.165, 1.54) is 22.2 Å². The molecule has 1 aromatic rings. The van der Waals surface area contributed by atoms with Crippen molar-refractivity contribution in [3.63, 3.8) is 0 Å². The molecule has 0 saturated carbocycles. The summed E-state index contributed by atoms with van der Waals surface area (Å²) in [6.45, 7) is 3.91. The summed E-state index contributed by atoms with van der Waals surface area (Å²) in [7, 11) is 0. The summed E-state index contributed by atoms with van der Waals surface area (Å²) in [6, 6.07) is -1.39. The first-order valence-corrected chi connectivity index (χ1v) is 6.59. The number of carbonyl (C=O) groups excluding carboxylic acids is 1. The lowest BCUT2D eigenvalue weighted by Gasteiger charge is -2.36. The van der Waals surface area contributed by atoms with E-state index < -0.39 is 18.0 Å². The zero-order chi connectivity index (χ0) is 15.4. The van der Waals surface area contributed by atoms with Gasteiger partial charge in [-0.2, -0.15) is 0 Å². The Kier molecular flexibility index (Phi) is 4.59. The Morgan fingerprint density at radius 2 is 2.38 bits per heavy atom. The molecule has 0 aromatic carbocycles. The van der Waals surface area contributed by atoms with Crippen molar-refractivity contribution >= 4 is 12.0 Å². The lowest BCUT2D eigenvalue weighted by atomic mass is 10.0. The number of aromatic nitrogens is 2.